The zero-order valence-electron chi connectivity index (χ0n) is 18.0. The van der Waals surface area contributed by atoms with Gasteiger partial charge in [-0.1, -0.05) is 73.4 Å². The molecule has 0 radical (unpaired) electrons. The molecule has 2 heteroatoms. The van der Waals surface area contributed by atoms with Crippen LogP contribution in [0.2, 0.25) is 0 Å². The zero-order chi connectivity index (χ0) is 20.8. The van der Waals surface area contributed by atoms with Crippen molar-refractivity contribution in [1.29, 1.82) is 0 Å². The average Bonchev–Trinajstić information content (AvgIpc) is 3.45. The van der Waals surface area contributed by atoms with E-state index in [1.807, 2.05) is 0 Å². The Morgan fingerprint density at radius 3 is 2.69 bits per heavy atom. The van der Waals surface area contributed by atoms with Gasteiger partial charge in [-0.15, -0.1) is 18.2 Å². The molecule has 32 heavy (non-hydrogen) atoms. The lowest BCUT2D eigenvalue weighted by molar-refractivity contribution is -0.758. The van der Waals surface area contributed by atoms with Crippen LogP contribution in [0.25, 0.3) is 38.8 Å². The van der Waals surface area contributed by atoms with Gasteiger partial charge in [-0.05, 0) is 40.8 Å². The molecule has 2 atom stereocenters. The van der Waals surface area contributed by atoms with Crippen molar-refractivity contribution in [3.63, 3.8) is 0 Å². The van der Waals surface area contributed by atoms with E-state index >= 15 is 0 Å². The van der Waals surface area contributed by atoms with Gasteiger partial charge in [0.05, 0.1) is 5.56 Å². The van der Waals surface area contributed by atoms with Gasteiger partial charge < -0.3 is 0 Å². The lowest BCUT2D eigenvalue weighted by Gasteiger charge is -2.38. The molecule has 1 fully saturated rings. The number of aromatic nitrogens is 2. The largest absolute Gasteiger partial charge is 0.389 e. The summed E-state index contributed by atoms with van der Waals surface area (Å²) in [5.74, 6) is 2.75. The number of hydrogen-bond acceptors (Lipinski definition) is 0. The van der Waals surface area contributed by atoms with Crippen LogP contribution in [-0.4, -0.2) is 0 Å². The maximum atomic E-state index is 2.56. The predicted molar refractivity (Wildman–Crippen MR) is 126 cm³/mol. The fraction of sp³-hybridized carbons (Fsp3) is 0.200. The highest BCUT2D eigenvalue weighted by atomic mass is 15.2. The van der Waals surface area contributed by atoms with E-state index in [0.29, 0.717) is 5.92 Å². The molecule has 0 bridgehead atoms. The maximum Gasteiger partial charge on any atom is 0.389 e. The van der Waals surface area contributed by atoms with E-state index in [1.165, 1.54) is 70.0 Å². The van der Waals surface area contributed by atoms with Gasteiger partial charge in [-0.2, -0.15) is 4.57 Å². The zero-order valence-corrected chi connectivity index (χ0v) is 18.0. The summed E-state index contributed by atoms with van der Waals surface area (Å²) < 4.78 is 5.12. The van der Waals surface area contributed by atoms with Crippen molar-refractivity contribution >= 4 is 21.8 Å². The summed E-state index contributed by atoms with van der Waals surface area (Å²) in [6.45, 7) is 0. The Labute approximate surface area is 187 Å². The van der Waals surface area contributed by atoms with Gasteiger partial charge in [-0.25, -0.2) is 4.57 Å². The minimum Gasteiger partial charge on any atom is -0.204 e. The highest BCUT2D eigenvalue weighted by Gasteiger charge is 2.48. The molecule has 0 saturated heterocycles. The number of para-hydroxylation sites is 1. The standard InChI is InChI=1S/C30H24N2/c1-2-8-19(9-3-1)23-13-7-17-31-28-22-12-6-10-20(22)18-21-15-16-25-24-11-4-5-14-26(24)32(30(23)31)29(25)27(21)28/h1-5,7-9,11,13-17,20,22H,6,10,12,18H2. The topological polar surface area (TPSA) is 7.76 Å². The first-order valence-corrected chi connectivity index (χ1v) is 11.9. The summed E-state index contributed by atoms with van der Waals surface area (Å²) in [7, 11) is 0. The number of benzene rings is 3. The molecule has 3 heterocycles. The van der Waals surface area contributed by atoms with Gasteiger partial charge in [-0.3, -0.25) is 0 Å². The summed E-state index contributed by atoms with van der Waals surface area (Å²) in [6.07, 6.45) is 7.58. The molecule has 3 aliphatic rings. The van der Waals surface area contributed by atoms with Crippen molar-refractivity contribution < 1.29 is 9.13 Å². The van der Waals surface area contributed by atoms with Crippen molar-refractivity contribution in [3.8, 4) is 16.9 Å². The molecule has 2 unspecified atom stereocenters. The van der Waals surface area contributed by atoms with Crippen molar-refractivity contribution in [2.45, 2.75) is 25.7 Å². The van der Waals surface area contributed by atoms with Crippen LogP contribution in [0.15, 0.2) is 85.1 Å². The summed E-state index contributed by atoms with van der Waals surface area (Å²) in [6, 6.07) is 30.8. The molecule has 2 nitrogen and oxygen atoms in total. The Kier molecular flexibility index (Phi) is 3.22. The van der Waals surface area contributed by atoms with E-state index in [2.05, 4.69) is 94.2 Å². The number of rotatable bonds is 1. The molecule has 3 aromatic carbocycles. The van der Waals surface area contributed by atoms with Crippen molar-refractivity contribution in [1.82, 2.24) is 0 Å². The van der Waals surface area contributed by atoms with Crippen molar-refractivity contribution in [2.75, 3.05) is 0 Å². The van der Waals surface area contributed by atoms with Crippen LogP contribution in [0.1, 0.15) is 30.4 Å². The first-order chi connectivity index (χ1) is 15.9. The smallest absolute Gasteiger partial charge is 0.204 e. The van der Waals surface area contributed by atoms with Crippen LogP contribution in [0.3, 0.4) is 0 Å². The number of hydrogen-bond donors (Lipinski definition) is 0. The SMILES string of the molecule is c1ccc(-c2ccc[n+]3c2-[n+]2c4c5c(ccc4c4cccc[c-]42)CC2CCCC2[C-]53)cc1. The molecular weight excluding hydrogens is 388 g/mol. The fourth-order valence-corrected chi connectivity index (χ4v) is 6.95. The maximum absolute atomic E-state index is 2.56. The minimum atomic E-state index is 0.662. The van der Waals surface area contributed by atoms with Gasteiger partial charge in [0.1, 0.15) is 17.8 Å². The normalized spacial score (nSPS) is 20.6. The quantitative estimate of drug-likeness (QED) is 0.248. The first-order valence-electron chi connectivity index (χ1n) is 11.9. The third kappa shape index (κ3) is 2.01. The molecule has 0 amide bonds. The lowest BCUT2D eigenvalue weighted by Crippen LogP contribution is -2.60. The summed E-state index contributed by atoms with van der Waals surface area (Å²) in [5.41, 5.74) is 8.38. The third-order valence-corrected chi connectivity index (χ3v) is 8.19. The third-order valence-electron chi connectivity index (χ3n) is 8.19. The average molecular weight is 413 g/mol. The van der Waals surface area contributed by atoms with Crippen molar-refractivity contribution in [3.05, 3.63) is 102 Å². The minimum absolute atomic E-state index is 0.662. The monoisotopic (exact) mass is 412 g/mol. The number of pyridine rings is 1. The van der Waals surface area contributed by atoms with Crippen molar-refractivity contribution in [2.24, 2.45) is 11.8 Å². The van der Waals surface area contributed by atoms with E-state index in [9.17, 15) is 0 Å². The van der Waals surface area contributed by atoms with Gasteiger partial charge in [0.15, 0.2) is 5.52 Å². The van der Waals surface area contributed by atoms with E-state index < -0.39 is 0 Å². The number of nitrogens with zero attached hydrogens (tertiary/aromatic N) is 2. The Bertz CT molecular complexity index is 1540. The van der Waals surface area contributed by atoms with Crippen LogP contribution in [0.5, 0.6) is 0 Å². The molecule has 0 spiro atoms. The number of fused-ring (bicyclic) bond motifs is 8. The molecule has 1 aliphatic heterocycles. The van der Waals surface area contributed by atoms with Crippen LogP contribution in [0.4, 0.5) is 0 Å². The fourth-order valence-electron chi connectivity index (χ4n) is 6.95. The molecule has 2 aliphatic carbocycles. The van der Waals surface area contributed by atoms with Crippen LogP contribution < -0.4 is 9.13 Å². The van der Waals surface area contributed by atoms with E-state index in [4.69, 9.17) is 0 Å². The summed E-state index contributed by atoms with van der Waals surface area (Å²) in [5, 5.41) is 2.75. The van der Waals surface area contributed by atoms with E-state index in [1.54, 1.807) is 11.6 Å². The van der Waals surface area contributed by atoms with Gasteiger partial charge >= 0.3 is 5.82 Å². The first kappa shape index (κ1) is 17.1. The van der Waals surface area contributed by atoms with Gasteiger partial charge in [0.2, 0.25) is 0 Å². The van der Waals surface area contributed by atoms with E-state index in [0.717, 1.165) is 5.92 Å². The molecule has 5 aromatic rings. The molecule has 1 saturated carbocycles. The second kappa shape index (κ2) is 6.04. The Morgan fingerprint density at radius 2 is 1.75 bits per heavy atom. The summed E-state index contributed by atoms with van der Waals surface area (Å²) in [4.78, 5) is 0. The van der Waals surface area contributed by atoms with Crippen LogP contribution >= 0.6 is 0 Å². The molecule has 154 valence electrons. The van der Waals surface area contributed by atoms with Crippen LogP contribution in [-0.2, 0) is 6.42 Å². The molecule has 2 aromatic heterocycles. The second-order valence-corrected chi connectivity index (χ2v) is 9.72. The Balaban J connectivity index is 1.59. The predicted octanol–water partition coefficient (Wildman–Crippen LogP) is 5.66. The second-order valence-electron chi connectivity index (χ2n) is 9.72. The molecule has 0 N–H and O–H groups in total. The van der Waals surface area contributed by atoms with Gasteiger partial charge in [0.25, 0.3) is 0 Å². The van der Waals surface area contributed by atoms with E-state index in [-0.39, 0.29) is 0 Å². The molecular formula is C30H24N2. The lowest BCUT2D eigenvalue weighted by atomic mass is 9.73. The summed E-state index contributed by atoms with van der Waals surface area (Å²) >= 11 is 0. The highest BCUT2D eigenvalue weighted by molar-refractivity contribution is 6.06. The van der Waals surface area contributed by atoms with Gasteiger partial charge in [0, 0.05) is 11.5 Å². The highest BCUT2D eigenvalue weighted by Crippen LogP contribution is 2.50. The Morgan fingerprint density at radius 1 is 0.844 bits per heavy atom. The molecule has 8 rings (SSSR count). The Hall–Kier alpha value is -3.52. The van der Waals surface area contributed by atoms with Crippen LogP contribution in [0, 0.1) is 17.9 Å².